The zero-order chi connectivity index (χ0) is 13.5. The van der Waals surface area contributed by atoms with Crippen LogP contribution in [0.5, 0.6) is 0 Å². The molecule has 0 saturated heterocycles. The summed E-state index contributed by atoms with van der Waals surface area (Å²) in [6.07, 6.45) is 0. The van der Waals surface area contributed by atoms with Gasteiger partial charge in [-0.25, -0.2) is 0 Å². The van der Waals surface area contributed by atoms with Crippen LogP contribution in [0.4, 0.5) is 5.69 Å². The summed E-state index contributed by atoms with van der Waals surface area (Å²) in [5, 5.41) is 9.91. The number of Topliss-reactive ketones (excluding diaryl/α,β-unsaturated/α-hetero) is 1. The van der Waals surface area contributed by atoms with Gasteiger partial charge in [0.15, 0.2) is 5.78 Å². The highest BCUT2D eigenvalue weighted by Crippen LogP contribution is 2.05. The van der Waals surface area contributed by atoms with E-state index in [0.717, 1.165) is 5.69 Å². The average Bonchev–Trinajstić information content (AvgIpc) is 2.29. The summed E-state index contributed by atoms with van der Waals surface area (Å²) in [7, 11) is 3.60. The molecule has 96 valence electrons. The van der Waals surface area contributed by atoms with Gasteiger partial charge >= 0.3 is 0 Å². The van der Waals surface area contributed by atoms with E-state index in [4.69, 9.17) is 0 Å². The number of para-hydroxylation sites is 1. The number of carbonyl (C=O) groups excluding carboxylic acids is 1. The number of carbonyl (C=O) groups is 1. The van der Waals surface area contributed by atoms with Crippen molar-refractivity contribution in [2.45, 2.75) is 13.8 Å². The fourth-order valence-electron chi connectivity index (χ4n) is 1.39. The zero-order valence-electron chi connectivity index (χ0n) is 11.1. The van der Waals surface area contributed by atoms with Crippen molar-refractivity contribution >= 4 is 22.9 Å². The molecule has 0 unspecified atom stereocenters. The van der Waals surface area contributed by atoms with Crippen molar-refractivity contribution < 1.29 is 4.79 Å². The number of rotatable bonds is 5. The Morgan fingerprint density at radius 1 is 1.17 bits per heavy atom. The Hall–Kier alpha value is -2.17. The third-order valence-corrected chi connectivity index (χ3v) is 2.10. The van der Waals surface area contributed by atoms with E-state index in [1.165, 1.54) is 6.92 Å². The Balaban J connectivity index is 2.89. The van der Waals surface area contributed by atoms with Gasteiger partial charge in [0.2, 0.25) is 0 Å². The third kappa shape index (κ3) is 4.37. The minimum atomic E-state index is -0.124. The van der Waals surface area contributed by atoms with E-state index in [9.17, 15) is 4.79 Å². The van der Waals surface area contributed by atoms with Gasteiger partial charge in [-0.05, 0) is 19.1 Å². The highest BCUT2D eigenvalue weighted by molar-refractivity contribution is 6.66. The van der Waals surface area contributed by atoms with E-state index in [1.807, 2.05) is 30.3 Å². The van der Waals surface area contributed by atoms with Crippen LogP contribution in [0.15, 0.2) is 40.5 Å². The molecule has 0 bridgehead atoms. The molecule has 5 heteroatoms. The van der Waals surface area contributed by atoms with E-state index in [-0.39, 0.29) is 5.78 Å². The van der Waals surface area contributed by atoms with Crippen molar-refractivity contribution in [3.63, 3.8) is 0 Å². The second-order valence-electron chi connectivity index (χ2n) is 4.03. The second-order valence-corrected chi connectivity index (χ2v) is 4.03. The lowest BCUT2D eigenvalue weighted by Gasteiger charge is -2.08. The maximum Gasteiger partial charge on any atom is 0.181 e. The van der Waals surface area contributed by atoms with Gasteiger partial charge in [0.1, 0.15) is 5.71 Å². The number of anilines is 1. The van der Waals surface area contributed by atoms with E-state index >= 15 is 0 Å². The van der Waals surface area contributed by atoms with Crippen molar-refractivity contribution in [2.24, 2.45) is 10.2 Å². The molecule has 0 aliphatic carbocycles. The molecule has 18 heavy (non-hydrogen) atoms. The molecule has 0 saturated carbocycles. The Kier molecular flexibility index (Phi) is 5.05. The maximum absolute atomic E-state index is 11.5. The summed E-state index contributed by atoms with van der Waals surface area (Å²) in [5.74, 6) is -0.124. The van der Waals surface area contributed by atoms with E-state index in [1.54, 1.807) is 26.0 Å². The van der Waals surface area contributed by atoms with Crippen LogP contribution >= 0.6 is 0 Å². The number of benzene rings is 1. The Morgan fingerprint density at radius 2 is 1.78 bits per heavy atom. The fourth-order valence-corrected chi connectivity index (χ4v) is 1.39. The largest absolute Gasteiger partial charge is 0.303 e. The minimum Gasteiger partial charge on any atom is -0.303 e. The van der Waals surface area contributed by atoms with Gasteiger partial charge in [-0.2, -0.15) is 10.2 Å². The lowest BCUT2D eigenvalue weighted by Crippen LogP contribution is -2.23. The summed E-state index contributed by atoms with van der Waals surface area (Å²) < 4.78 is 0. The topological polar surface area (TPSA) is 57.1 Å². The Bertz CT molecular complexity index is 463. The van der Waals surface area contributed by atoms with E-state index < -0.39 is 0 Å². The highest BCUT2D eigenvalue weighted by Gasteiger charge is 2.10. The van der Waals surface area contributed by atoms with Crippen LogP contribution in [0.1, 0.15) is 13.8 Å². The number of nitrogens with one attached hydrogen (secondary N) is 1. The predicted octanol–water partition coefficient (Wildman–Crippen LogP) is 1.98. The number of hydrogen-bond donors (Lipinski definition) is 1. The van der Waals surface area contributed by atoms with Gasteiger partial charge in [0, 0.05) is 21.0 Å². The Morgan fingerprint density at radius 3 is 2.28 bits per heavy atom. The zero-order valence-corrected chi connectivity index (χ0v) is 11.1. The minimum absolute atomic E-state index is 0.124. The first-order valence-corrected chi connectivity index (χ1v) is 5.63. The van der Waals surface area contributed by atoms with E-state index in [0.29, 0.717) is 11.4 Å². The van der Waals surface area contributed by atoms with Gasteiger partial charge in [-0.3, -0.25) is 10.2 Å². The molecule has 0 radical (unpaired) electrons. The average molecular weight is 246 g/mol. The molecule has 1 N–H and O–H groups in total. The fraction of sp³-hybridized carbons (Fsp3) is 0.308. The second kappa shape index (κ2) is 6.54. The number of hydrogen-bond acceptors (Lipinski definition) is 5. The van der Waals surface area contributed by atoms with E-state index in [2.05, 4.69) is 15.6 Å². The van der Waals surface area contributed by atoms with Crippen LogP contribution in [0.3, 0.4) is 0 Å². The maximum atomic E-state index is 11.5. The van der Waals surface area contributed by atoms with Crippen molar-refractivity contribution in [1.82, 2.24) is 5.01 Å². The van der Waals surface area contributed by atoms with Crippen LogP contribution in [0, 0.1) is 0 Å². The smallest absolute Gasteiger partial charge is 0.181 e. The summed E-state index contributed by atoms with van der Waals surface area (Å²) in [4.78, 5) is 11.5. The molecule has 0 aliphatic rings. The summed E-state index contributed by atoms with van der Waals surface area (Å²) >= 11 is 0. The summed E-state index contributed by atoms with van der Waals surface area (Å²) in [5.41, 5.74) is 4.58. The van der Waals surface area contributed by atoms with Gasteiger partial charge in [0.05, 0.1) is 11.4 Å². The lowest BCUT2D eigenvalue weighted by molar-refractivity contribution is -0.110. The first-order valence-electron chi connectivity index (χ1n) is 5.63. The van der Waals surface area contributed by atoms with Crippen LogP contribution in [-0.4, -0.2) is 36.3 Å². The van der Waals surface area contributed by atoms with Crippen molar-refractivity contribution in [3.8, 4) is 0 Å². The van der Waals surface area contributed by atoms with Gasteiger partial charge < -0.3 is 5.01 Å². The third-order valence-electron chi connectivity index (χ3n) is 2.10. The molecule has 5 nitrogen and oxygen atoms in total. The molecular weight excluding hydrogens is 228 g/mol. The first kappa shape index (κ1) is 13.9. The SMILES string of the molecule is CC(=O)C(=N/Nc1ccccc1)/C(C)=N\N(C)C. The Labute approximate surface area is 107 Å². The standard InChI is InChI=1S/C13H18N4O/c1-10(16-17(3)4)13(11(2)18)15-14-12-8-6-5-7-9-12/h5-9,14H,1-4H3/b15-13+,16-10-. The molecule has 0 fully saturated rings. The molecule has 0 heterocycles. The molecule has 0 spiro atoms. The molecule has 1 aromatic carbocycles. The molecule has 1 aromatic rings. The molecule has 0 aliphatic heterocycles. The van der Waals surface area contributed by atoms with Crippen LogP contribution in [0.2, 0.25) is 0 Å². The predicted molar refractivity (Wildman–Crippen MR) is 75.0 cm³/mol. The van der Waals surface area contributed by atoms with Crippen molar-refractivity contribution in [1.29, 1.82) is 0 Å². The van der Waals surface area contributed by atoms with Gasteiger partial charge in [-0.15, -0.1) is 0 Å². The summed E-state index contributed by atoms with van der Waals surface area (Å²) in [6.45, 7) is 3.23. The van der Waals surface area contributed by atoms with Crippen LogP contribution < -0.4 is 5.43 Å². The number of ketones is 1. The van der Waals surface area contributed by atoms with Crippen LogP contribution in [0.25, 0.3) is 0 Å². The normalized spacial score (nSPS) is 12.2. The highest BCUT2D eigenvalue weighted by atomic mass is 16.1. The quantitative estimate of drug-likeness (QED) is 0.638. The molecule has 1 rings (SSSR count). The molecule has 0 aromatic heterocycles. The number of hydrazone groups is 2. The monoisotopic (exact) mass is 246 g/mol. The van der Waals surface area contributed by atoms with Gasteiger partial charge in [0.25, 0.3) is 0 Å². The number of nitrogens with zero attached hydrogens (tertiary/aromatic N) is 3. The first-order chi connectivity index (χ1) is 8.50. The molecular formula is C13H18N4O. The molecule has 0 atom stereocenters. The molecule has 0 amide bonds. The summed E-state index contributed by atoms with van der Waals surface area (Å²) in [6, 6.07) is 9.46. The van der Waals surface area contributed by atoms with Crippen molar-refractivity contribution in [3.05, 3.63) is 30.3 Å². The van der Waals surface area contributed by atoms with Crippen molar-refractivity contribution in [2.75, 3.05) is 19.5 Å². The van der Waals surface area contributed by atoms with Crippen LogP contribution in [-0.2, 0) is 4.79 Å². The van der Waals surface area contributed by atoms with Gasteiger partial charge in [-0.1, -0.05) is 18.2 Å². The lowest BCUT2D eigenvalue weighted by atomic mass is 10.2.